The summed E-state index contributed by atoms with van der Waals surface area (Å²) in [6.45, 7) is 7.97. The van der Waals surface area contributed by atoms with Gasteiger partial charge in [0.15, 0.2) is 0 Å². The van der Waals surface area contributed by atoms with E-state index in [9.17, 15) is 0 Å². The molecule has 0 amide bonds. The zero-order valence-electron chi connectivity index (χ0n) is 17.2. The van der Waals surface area contributed by atoms with Crippen LogP contribution in [0.3, 0.4) is 0 Å². The first-order valence-electron chi connectivity index (χ1n) is 10.4. The third kappa shape index (κ3) is 14.9. The molecular formula is C21H39N3O4. The van der Waals surface area contributed by atoms with Crippen LogP contribution in [-0.4, -0.2) is 72.5 Å². The van der Waals surface area contributed by atoms with Gasteiger partial charge >= 0.3 is 0 Å². The second-order valence-electron chi connectivity index (χ2n) is 6.48. The molecule has 162 valence electrons. The molecule has 1 rings (SSSR count). The van der Waals surface area contributed by atoms with E-state index in [1.807, 2.05) is 0 Å². The number of unbranched alkanes of at least 4 members (excludes halogenated alkanes) is 1. The summed E-state index contributed by atoms with van der Waals surface area (Å²) in [6, 6.07) is 8.80. The van der Waals surface area contributed by atoms with Crippen molar-refractivity contribution < 1.29 is 18.9 Å². The van der Waals surface area contributed by atoms with Gasteiger partial charge < -0.3 is 35.7 Å². The molecule has 0 saturated heterocycles. The van der Waals surface area contributed by atoms with E-state index in [0.29, 0.717) is 59.3 Å². The van der Waals surface area contributed by atoms with Gasteiger partial charge in [-0.25, -0.2) is 0 Å². The first kappa shape index (κ1) is 25.0. The Balaban J connectivity index is 1.94. The molecule has 0 aliphatic heterocycles. The second kappa shape index (κ2) is 19.3. The van der Waals surface area contributed by atoms with Crippen molar-refractivity contribution in [2.75, 3.05) is 72.5 Å². The molecule has 7 nitrogen and oxygen atoms in total. The summed E-state index contributed by atoms with van der Waals surface area (Å²) < 4.78 is 21.5. The van der Waals surface area contributed by atoms with Gasteiger partial charge in [0.25, 0.3) is 0 Å². The van der Waals surface area contributed by atoms with Gasteiger partial charge in [-0.05, 0) is 30.4 Å². The van der Waals surface area contributed by atoms with E-state index in [0.717, 1.165) is 39.0 Å². The smallest absolute Gasteiger partial charge is 0.0701 e. The Bertz CT molecular complexity index is 405. The number of ether oxygens (including phenoxy) is 4. The van der Waals surface area contributed by atoms with Crippen molar-refractivity contribution in [2.24, 2.45) is 11.5 Å². The number of aryl methyl sites for hydroxylation is 1. The van der Waals surface area contributed by atoms with Gasteiger partial charge in [0.1, 0.15) is 0 Å². The van der Waals surface area contributed by atoms with Crippen LogP contribution in [0.5, 0.6) is 0 Å². The molecule has 0 unspecified atom stereocenters. The van der Waals surface area contributed by atoms with Crippen molar-refractivity contribution in [2.45, 2.75) is 25.8 Å². The number of nitrogens with two attached hydrogens (primary N) is 2. The molecule has 0 bridgehead atoms. The van der Waals surface area contributed by atoms with Gasteiger partial charge in [0.2, 0.25) is 0 Å². The van der Waals surface area contributed by atoms with E-state index in [-0.39, 0.29) is 0 Å². The van der Waals surface area contributed by atoms with Gasteiger partial charge in [-0.1, -0.05) is 24.3 Å². The van der Waals surface area contributed by atoms with Crippen molar-refractivity contribution in [1.82, 2.24) is 5.32 Å². The molecule has 0 radical (unpaired) electrons. The van der Waals surface area contributed by atoms with Gasteiger partial charge in [-0.2, -0.15) is 0 Å². The van der Waals surface area contributed by atoms with Crippen LogP contribution >= 0.6 is 0 Å². The number of nitrogens with one attached hydrogen (secondary N) is 1. The molecule has 0 spiro atoms. The number of hydrogen-bond acceptors (Lipinski definition) is 7. The van der Waals surface area contributed by atoms with Crippen LogP contribution in [0.1, 0.15) is 24.0 Å². The molecule has 28 heavy (non-hydrogen) atoms. The summed E-state index contributed by atoms with van der Waals surface area (Å²) in [7, 11) is 0. The first-order chi connectivity index (χ1) is 13.9. The Kier molecular flexibility index (Phi) is 17.2. The maximum atomic E-state index is 5.54. The minimum atomic E-state index is 0.556. The van der Waals surface area contributed by atoms with E-state index in [1.165, 1.54) is 11.1 Å². The molecule has 0 aliphatic carbocycles. The lowest BCUT2D eigenvalue weighted by atomic mass is 10.1. The molecule has 0 saturated carbocycles. The number of rotatable bonds is 20. The maximum absolute atomic E-state index is 5.54. The summed E-state index contributed by atoms with van der Waals surface area (Å²) in [5.74, 6) is 0. The largest absolute Gasteiger partial charge is 0.379 e. The average Bonchev–Trinajstić information content (AvgIpc) is 2.72. The van der Waals surface area contributed by atoms with Crippen LogP contribution in [-0.2, 0) is 31.9 Å². The van der Waals surface area contributed by atoms with E-state index >= 15 is 0 Å². The van der Waals surface area contributed by atoms with Crippen molar-refractivity contribution in [3.8, 4) is 0 Å². The highest BCUT2D eigenvalue weighted by molar-refractivity contribution is 5.22. The van der Waals surface area contributed by atoms with Crippen molar-refractivity contribution in [3.63, 3.8) is 0 Å². The van der Waals surface area contributed by atoms with Gasteiger partial charge in [-0.3, -0.25) is 0 Å². The van der Waals surface area contributed by atoms with Crippen LogP contribution in [0.2, 0.25) is 0 Å². The van der Waals surface area contributed by atoms with Gasteiger partial charge in [0, 0.05) is 32.8 Å². The quantitative estimate of drug-likeness (QED) is 0.283. The molecule has 7 heteroatoms. The van der Waals surface area contributed by atoms with E-state index in [4.69, 9.17) is 30.4 Å². The van der Waals surface area contributed by atoms with E-state index < -0.39 is 0 Å². The first-order valence-corrected chi connectivity index (χ1v) is 10.4. The average molecular weight is 398 g/mol. The topological polar surface area (TPSA) is 101 Å². The number of hydrogen-bond donors (Lipinski definition) is 3. The highest BCUT2D eigenvalue weighted by Gasteiger charge is 1.97. The molecule has 0 aromatic heterocycles. The molecule has 0 heterocycles. The van der Waals surface area contributed by atoms with E-state index in [2.05, 4.69) is 29.6 Å². The summed E-state index contributed by atoms with van der Waals surface area (Å²) >= 11 is 0. The summed E-state index contributed by atoms with van der Waals surface area (Å²) in [5.41, 5.74) is 13.4. The van der Waals surface area contributed by atoms with Gasteiger partial charge in [-0.15, -0.1) is 0 Å². The zero-order chi connectivity index (χ0) is 20.1. The fourth-order valence-electron chi connectivity index (χ4n) is 2.54. The highest BCUT2D eigenvalue weighted by Crippen LogP contribution is 2.08. The lowest BCUT2D eigenvalue weighted by molar-refractivity contribution is 0.0494. The molecule has 5 N–H and O–H groups in total. The van der Waals surface area contributed by atoms with Crippen LogP contribution in [0, 0.1) is 0 Å². The predicted molar refractivity (Wildman–Crippen MR) is 112 cm³/mol. The Labute approximate surface area is 170 Å². The van der Waals surface area contributed by atoms with E-state index in [1.54, 1.807) is 0 Å². The summed E-state index contributed by atoms with van der Waals surface area (Å²) in [4.78, 5) is 0. The standard InChI is InChI=1S/C21H39N3O4/c22-8-12-26-16-15-25-11-2-1-3-20-4-6-21(7-5-20)19-24-10-14-28-18-17-27-13-9-23/h4-7,24H,1-3,8-19,22-23H2. The third-order valence-electron chi connectivity index (χ3n) is 4.05. The van der Waals surface area contributed by atoms with Crippen molar-refractivity contribution in [1.29, 1.82) is 0 Å². The molecule has 0 atom stereocenters. The Hall–Kier alpha value is -1.06. The third-order valence-corrected chi connectivity index (χ3v) is 4.05. The van der Waals surface area contributed by atoms with Crippen molar-refractivity contribution >= 4 is 0 Å². The Morgan fingerprint density at radius 2 is 1.14 bits per heavy atom. The lowest BCUT2D eigenvalue weighted by Crippen LogP contribution is -2.20. The fraction of sp³-hybridized carbons (Fsp3) is 0.714. The minimum absolute atomic E-state index is 0.556. The van der Waals surface area contributed by atoms with Crippen LogP contribution < -0.4 is 16.8 Å². The zero-order valence-corrected chi connectivity index (χ0v) is 17.2. The molecule has 1 aromatic rings. The minimum Gasteiger partial charge on any atom is -0.379 e. The molecule has 0 fully saturated rings. The molecule has 1 aromatic carbocycles. The second-order valence-corrected chi connectivity index (χ2v) is 6.48. The fourth-order valence-corrected chi connectivity index (χ4v) is 2.54. The van der Waals surface area contributed by atoms with Gasteiger partial charge in [0.05, 0.1) is 46.2 Å². The molecule has 0 aliphatic rings. The normalized spacial score (nSPS) is 11.2. The maximum Gasteiger partial charge on any atom is 0.0701 e. The number of benzene rings is 1. The highest BCUT2D eigenvalue weighted by atomic mass is 16.5. The van der Waals surface area contributed by atoms with Crippen molar-refractivity contribution in [3.05, 3.63) is 35.4 Å². The predicted octanol–water partition coefficient (Wildman–Crippen LogP) is 1.08. The summed E-state index contributed by atoms with van der Waals surface area (Å²) in [6.07, 6.45) is 3.28. The lowest BCUT2D eigenvalue weighted by Gasteiger charge is -2.08. The van der Waals surface area contributed by atoms with Crippen LogP contribution in [0.4, 0.5) is 0 Å². The van der Waals surface area contributed by atoms with Crippen LogP contribution in [0.25, 0.3) is 0 Å². The Morgan fingerprint density at radius 1 is 0.607 bits per heavy atom. The molecular weight excluding hydrogens is 358 g/mol. The summed E-state index contributed by atoms with van der Waals surface area (Å²) in [5, 5.41) is 3.39. The Morgan fingerprint density at radius 3 is 1.75 bits per heavy atom. The SMILES string of the molecule is NCCOCCOCCCCc1ccc(CNCCOCCOCCN)cc1. The monoisotopic (exact) mass is 397 g/mol. The van der Waals surface area contributed by atoms with Crippen LogP contribution in [0.15, 0.2) is 24.3 Å².